The zero-order valence-corrected chi connectivity index (χ0v) is 13.3. The number of aliphatic hydroxyl groups excluding tert-OH is 1. The van der Waals surface area contributed by atoms with Gasteiger partial charge in [-0.05, 0) is 26.7 Å². The molecule has 3 saturated heterocycles. The smallest absolute Gasteiger partial charge is 0.263 e. The van der Waals surface area contributed by atoms with E-state index >= 15 is 0 Å². The summed E-state index contributed by atoms with van der Waals surface area (Å²) in [6, 6.07) is 0. The van der Waals surface area contributed by atoms with Gasteiger partial charge in [-0.15, -0.1) is 0 Å². The predicted octanol–water partition coefficient (Wildman–Crippen LogP) is 1.21. The molecule has 0 radical (unpaired) electrons. The van der Waals surface area contributed by atoms with Crippen molar-refractivity contribution >= 4 is 16.9 Å². The maximum atomic E-state index is 9.77. The third-order valence-corrected chi connectivity index (χ3v) is 5.89. The van der Waals surface area contributed by atoms with Crippen molar-refractivity contribution in [2.75, 3.05) is 24.6 Å². The number of hydrogen-bond donors (Lipinski definition) is 1. The van der Waals surface area contributed by atoms with Crippen molar-refractivity contribution in [2.24, 2.45) is 11.8 Å². The minimum Gasteiger partial charge on any atom is -0.396 e. The average molecular weight is 316 g/mol. The van der Waals surface area contributed by atoms with Crippen LogP contribution in [0.25, 0.3) is 11.1 Å². The minimum atomic E-state index is -0.117. The summed E-state index contributed by atoms with van der Waals surface area (Å²) in [5.41, 5.74) is 1.24. The summed E-state index contributed by atoms with van der Waals surface area (Å²) in [6.07, 6.45) is 2.36. The molecule has 23 heavy (non-hydrogen) atoms. The van der Waals surface area contributed by atoms with E-state index in [-0.39, 0.29) is 24.2 Å². The number of fused-ring (bicyclic) bond motifs is 2. The number of hydrogen-bond acceptors (Lipinski definition) is 7. The lowest BCUT2D eigenvalue weighted by molar-refractivity contribution is 0.0128. The van der Waals surface area contributed by atoms with E-state index in [1.807, 2.05) is 13.8 Å². The molecule has 0 amide bonds. The second-order valence-electron chi connectivity index (χ2n) is 7.14. The Balaban J connectivity index is 1.59. The van der Waals surface area contributed by atoms with Gasteiger partial charge in [-0.1, -0.05) is 5.16 Å². The normalized spacial score (nSPS) is 35.4. The second kappa shape index (κ2) is 4.42. The van der Waals surface area contributed by atoms with Gasteiger partial charge in [0.2, 0.25) is 0 Å². The maximum Gasteiger partial charge on any atom is 0.263 e. The van der Waals surface area contributed by atoms with Crippen LogP contribution >= 0.6 is 0 Å². The zero-order valence-electron chi connectivity index (χ0n) is 13.3. The Labute approximate surface area is 133 Å². The van der Waals surface area contributed by atoms with Crippen LogP contribution in [0.5, 0.6) is 0 Å². The molecular formula is C16H20N4O3. The number of nitrogens with zero attached hydrogens (tertiary/aromatic N) is 4. The lowest BCUT2D eigenvalue weighted by Crippen LogP contribution is -2.37. The number of aromatic nitrogens is 3. The van der Waals surface area contributed by atoms with Gasteiger partial charge >= 0.3 is 0 Å². The van der Waals surface area contributed by atoms with Crippen molar-refractivity contribution in [3.8, 4) is 0 Å². The molecule has 0 unspecified atom stereocenters. The Morgan fingerprint density at radius 1 is 1.35 bits per heavy atom. The van der Waals surface area contributed by atoms with Gasteiger partial charge in [0.25, 0.3) is 5.71 Å². The van der Waals surface area contributed by atoms with Gasteiger partial charge in [0, 0.05) is 31.5 Å². The Morgan fingerprint density at radius 3 is 3.04 bits per heavy atom. The summed E-state index contributed by atoms with van der Waals surface area (Å²) in [5.74, 6) is 2.19. The first kappa shape index (κ1) is 13.7. The average Bonchev–Trinajstić information content (AvgIpc) is 3.25. The Morgan fingerprint density at radius 2 is 2.22 bits per heavy atom. The molecule has 2 aromatic rings. The van der Waals surface area contributed by atoms with Crippen molar-refractivity contribution in [3.63, 3.8) is 0 Å². The van der Waals surface area contributed by atoms with Gasteiger partial charge in [0.05, 0.1) is 17.4 Å². The van der Waals surface area contributed by atoms with E-state index in [2.05, 4.69) is 20.0 Å². The van der Waals surface area contributed by atoms with Crippen LogP contribution in [-0.4, -0.2) is 51.6 Å². The van der Waals surface area contributed by atoms with Gasteiger partial charge in [0.1, 0.15) is 17.0 Å². The first-order chi connectivity index (χ1) is 11.1. The molecule has 1 N–H and O–H groups in total. The molecule has 7 heteroatoms. The van der Waals surface area contributed by atoms with Crippen molar-refractivity contribution in [1.29, 1.82) is 0 Å². The Bertz CT molecular complexity index is 791. The van der Waals surface area contributed by atoms with Crippen LogP contribution in [0.1, 0.15) is 24.4 Å². The highest BCUT2D eigenvalue weighted by Crippen LogP contribution is 2.55. The van der Waals surface area contributed by atoms with E-state index < -0.39 is 0 Å². The molecule has 5 heterocycles. The maximum absolute atomic E-state index is 9.77. The molecule has 7 nitrogen and oxygen atoms in total. The van der Waals surface area contributed by atoms with Crippen molar-refractivity contribution in [2.45, 2.75) is 38.4 Å². The summed E-state index contributed by atoms with van der Waals surface area (Å²) >= 11 is 0. The van der Waals surface area contributed by atoms with E-state index in [0.29, 0.717) is 17.5 Å². The van der Waals surface area contributed by atoms with Gasteiger partial charge in [0.15, 0.2) is 0 Å². The quantitative estimate of drug-likeness (QED) is 0.891. The third-order valence-electron chi connectivity index (χ3n) is 5.89. The molecule has 5 rings (SSSR count). The molecule has 4 atom stereocenters. The van der Waals surface area contributed by atoms with Crippen molar-refractivity contribution in [1.82, 2.24) is 15.1 Å². The second-order valence-corrected chi connectivity index (χ2v) is 7.14. The highest BCUT2D eigenvalue weighted by Gasteiger charge is 2.63. The summed E-state index contributed by atoms with van der Waals surface area (Å²) in [7, 11) is 0. The Hall–Kier alpha value is -1.73. The molecule has 0 aromatic carbocycles. The summed E-state index contributed by atoms with van der Waals surface area (Å²) in [4.78, 5) is 11.3. The first-order valence-corrected chi connectivity index (χ1v) is 8.25. The topological polar surface area (TPSA) is 84.5 Å². The Kier molecular flexibility index (Phi) is 2.63. The molecule has 2 bridgehead atoms. The summed E-state index contributed by atoms with van der Waals surface area (Å²) < 4.78 is 11.6. The fourth-order valence-electron chi connectivity index (χ4n) is 4.90. The highest BCUT2D eigenvalue weighted by atomic mass is 16.5. The van der Waals surface area contributed by atoms with Crippen LogP contribution in [0, 0.1) is 25.7 Å². The van der Waals surface area contributed by atoms with E-state index in [9.17, 15) is 5.11 Å². The lowest BCUT2D eigenvalue weighted by atomic mass is 9.74. The van der Waals surface area contributed by atoms with Gasteiger partial charge < -0.3 is 19.3 Å². The highest BCUT2D eigenvalue weighted by molar-refractivity contribution is 5.88. The standard InChI is InChI=1S/C16H20N4O3/c1-8-13-14(17-9(2)18-15(13)23-19-8)20-5-11-10(6-21)12-3-4-16(11,7-20)22-12/h10-12,21H,3-7H2,1-2H3/t10-,11+,12+,16+/m1/s1. The molecule has 122 valence electrons. The third kappa shape index (κ3) is 1.69. The lowest BCUT2D eigenvalue weighted by Gasteiger charge is -2.27. The fourth-order valence-corrected chi connectivity index (χ4v) is 4.90. The monoisotopic (exact) mass is 316 g/mol. The van der Waals surface area contributed by atoms with Crippen molar-refractivity contribution < 1.29 is 14.4 Å². The first-order valence-electron chi connectivity index (χ1n) is 8.25. The molecule has 3 aliphatic rings. The number of rotatable bonds is 2. The molecule has 2 aromatic heterocycles. The van der Waals surface area contributed by atoms with Crippen LogP contribution < -0.4 is 4.90 Å². The van der Waals surface area contributed by atoms with Gasteiger partial charge in [-0.3, -0.25) is 0 Å². The van der Waals surface area contributed by atoms with Gasteiger partial charge in [-0.2, -0.15) is 4.98 Å². The van der Waals surface area contributed by atoms with Gasteiger partial charge in [-0.25, -0.2) is 4.98 Å². The van der Waals surface area contributed by atoms with E-state index in [0.717, 1.165) is 42.8 Å². The fraction of sp³-hybridized carbons (Fsp3) is 0.688. The number of ether oxygens (including phenoxy) is 1. The van der Waals surface area contributed by atoms with E-state index in [4.69, 9.17) is 9.26 Å². The number of aliphatic hydroxyl groups is 1. The minimum absolute atomic E-state index is 0.117. The van der Waals surface area contributed by atoms with Crippen molar-refractivity contribution in [3.05, 3.63) is 11.5 Å². The molecule has 0 saturated carbocycles. The molecule has 3 aliphatic heterocycles. The number of anilines is 1. The zero-order chi connectivity index (χ0) is 15.8. The van der Waals surface area contributed by atoms with Crippen LogP contribution in [0.15, 0.2) is 4.52 Å². The van der Waals surface area contributed by atoms with Crippen LogP contribution in [-0.2, 0) is 4.74 Å². The molecule has 3 fully saturated rings. The largest absolute Gasteiger partial charge is 0.396 e. The molecular weight excluding hydrogens is 296 g/mol. The van der Waals surface area contributed by atoms with Crippen LogP contribution in [0.4, 0.5) is 5.82 Å². The summed E-state index contributed by atoms with van der Waals surface area (Å²) in [6.45, 7) is 5.67. The van der Waals surface area contributed by atoms with Crippen LogP contribution in [0.2, 0.25) is 0 Å². The SMILES string of the molecule is Cc1nc(N2C[C@H]3[C@@H](CO)[C@@H]4CC[C@@]3(C2)O4)c2c(C)noc2n1. The molecule has 0 aliphatic carbocycles. The van der Waals surface area contributed by atoms with E-state index in [1.54, 1.807) is 0 Å². The van der Waals surface area contributed by atoms with Crippen LogP contribution in [0.3, 0.4) is 0 Å². The summed E-state index contributed by atoms with van der Waals surface area (Å²) in [5, 5.41) is 14.7. The molecule has 1 spiro atoms. The van der Waals surface area contributed by atoms with E-state index in [1.165, 1.54) is 0 Å². The predicted molar refractivity (Wildman–Crippen MR) is 82.2 cm³/mol. The number of aryl methyl sites for hydroxylation is 2.